The Labute approximate surface area is 217 Å². The van der Waals surface area contributed by atoms with Gasteiger partial charge < -0.3 is 0 Å². The SMILES string of the molecule is C[C@H]1[C@H](c2ccccc2)C(c2ccc(Cl)cc2)=NN1C(=O)NS(=O)(=O)c1ccc(C(F)(F)F)cc1.Cl. The topological polar surface area (TPSA) is 78.8 Å². The number of rotatable bonds is 4. The maximum absolute atomic E-state index is 13.0. The number of halogens is 5. The summed E-state index contributed by atoms with van der Waals surface area (Å²) in [5.41, 5.74) is 1.12. The number of hydrazone groups is 1. The molecule has 190 valence electrons. The maximum Gasteiger partial charge on any atom is 0.416 e. The molecule has 0 fully saturated rings. The zero-order valence-electron chi connectivity index (χ0n) is 18.6. The van der Waals surface area contributed by atoms with Crippen molar-refractivity contribution in [1.29, 1.82) is 0 Å². The molecule has 0 aliphatic carbocycles. The lowest BCUT2D eigenvalue weighted by Crippen LogP contribution is -2.43. The van der Waals surface area contributed by atoms with Gasteiger partial charge in [-0.15, -0.1) is 12.4 Å². The van der Waals surface area contributed by atoms with Crippen LogP contribution >= 0.6 is 24.0 Å². The quantitative estimate of drug-likeness (QED) is 0.422. The van der Waals surface area contributed by atoms with Gasteiger partial charge in [0.15, 0.2) is 0 Å². The highest BCUT2D eigenvalue weighted by Crippen LogP contribution is 2.35. The van der Waals surface area contributed by atoms with E-state index in [-0.39, 0.29) is 18.3 Å². The molecular formula is C24H20Cl2F3N3O3S. The van der Waals surface area contributed by atoms with Gasteiger partial charge >= 0.3 is 12.2 Å². The predicted molar refractivity (Wildman–Crippen MR) is 133 cm³/mol. The molecular weight excluding hydrogens is 538 g/mol. The van der Waals surface area contributed by atoms with Crippen molar-refractivity contribution in [3.63, 3.8) is 0 Å². The number of carbonyl (C=O) groups is 1. The number of nitrogens with zero attached hydrogens (tertiary/aromatic N) is 2. The van der Waals surface area contributed by atoms with E-state index in [0.29, 0.717) is 28.4 Å². The standard InChI is InChI=1S/C24H19ClF3N3O3S.ClH/c1-15-21(16-5-3-2-4-6-16)22(17-7-11-19(25)12-8-17)29-31(15)23(32)30-35(33,34)20-13-9-18(10-14-20)24(26,27)28;/h2-15,21H,1H3,(H,30,32);1H/t15-,21+;/m0./s1. The number of sulfonamides is 1. The van der Waals surface area contributed by atoms with E-state index in [1.807, 2.05) is 35.1 Å². The molecule has 0 saturated carbocycles. The van der Waals surface area contributed by atoms with Crippen LogP contribution in [0.15, 0.2) is 88.9 Å². The molecule has 3 aromatic rings. The van der Waals surface area contributed by atoms with Crippen LogP contribution in [0.5, 0.6) is 0 Å². The normalized spacial score (nSPS) is 17.8. The van der Waals surface area contributed by atoms with Crippen molar-refractivity contribution in [2.24, 2.45) is 5.10 Å². The second kappa shape index (κ2) is 10.5. The summed E-state index contributed by atoms with van der Waals surface area (Å²) in [6, 6.07) is 17.5. The Morgan fingerprint density at radius 3 is 2.11 bits per heavy atom. The van der Waals surface area contributed by atoms with Crippen LogP contribution in [0.3, 0.4) is 0 Å². The Balaban J connectivity index is 0.00000361. The van der Waals surface area contributed by atoms with E-state index in [1.54, 1.807) is 31.2 Å². The van der Waals surface area contributed by atoms with Gasteiger partial charge in [-0.3, -0.25) is 0 Å². The third kappa shape index (κ3) is 5.66. The van der Waals surface area contributed by atoms with Crippen LogP contribution in [0, 0.1) is 0 Å². The summed E-state index contributed by atoms with van der Waals surface area (Å²) in [6.45, 7) is 1.73. The average Bonchev–Trinajstić information content (AvgIpc) is 3.16. The second-order valence-electron chi connectivity index (χ2n) is 7.90. The summed E-state index contributed by atoms with van der Waals surface area (Å²) in [7, 11) is -4.45. The molecule has 0 aromatic heterocycles. The van der Waals surface area contributed by atoms with Gasteiger partial charge in [0.25, 0.3) is 10.0 Å². The molecule has 0 saturated heterocycles. The fraction of sp³-hybridized carbons (Fsp3) is 0.167. The zero-order chi connectivity index (χ0) is 25.4. The van der Waals surface area contributed by atoms with Crippen LogP contribution in [0.1, 0.15) is 29.5 Å². The van der Waals surface area contributed by atoms with Crippen LogP contribution in [0.2, 0.25) is 5.02 Å². The van der Waals surface area contributed by atoms with Gasteiger partial charge in [-0.25, -0.2) is 22.9 Å². The third-order valence-electron chi connectivity index (χ3n) is 5.60. The second-order valence-corrected chi connectivity index (χ2v) is 10.0. The van der Waals surface area contributed by atoms with Gasteiger partial charge in [0.1, 0.15) is 0 Å². The minimum absolute atomic E-state index is 0. The molecule has 36 heavy (non-hydrogen) atoms. The molecule has 0 bridgehead atoms. The lowest BCUT2D eigenvalue weighted by molar-refractivity contribution is -0.137. The first kappa shape index (κ1) is 27.5. The first-order valence-electron chi connectivity index (χ1n) is 10.4. The number of nitrogens with one attached hydrogen (secondary N) is 1. The van der Waals surface area contributed by atoms with Gasteiger partial charge in [0.05, 0.1) is 28.1 Å². The van der Waals surface area contributed by atoms with E-state index < -0.39 is 38.7 Å². The smallest absolute Gasteiger partial charge is 0.246 e. The van der Waals surface area contributed by atoms with Gasteiger partial charge in [-0.2, -0.15) is 18.3 Å². The van der Waals surface area contributed by atoms with Crippen LogP contribution in [0.25, 0.3) is 0 Å². The summed E-state index contributed by atoms with van der Waals surface area (Å²) >= 11 is 6.00. The molecule has 1 aliphatic rings. The summed E-state index contributed by atoms with van der Waals surface area (Å²) in [5.74, 6) is -0.364. The highest BCUT2D eigenvalue weighted by molar-refractivity contribution is 7.90. The Bertz CT molecular complexity index is 1370. The Morgan fingerprint density at radius 1 is 0.972 bits per heavy atom. The van der Waals surface area contributed by atoms with Crippen molar-refractivity contribution in [1.82, 2.24) is 9.73 Å². The molecule has 1 heterocycles. The highest BCUT2D eigenvalue weighted by Gasteiger charge is 2.40. The molecule has 12 heteroatoms. The Morgan fingerprint density at radius 2 is 1.56 bits per heavy atom. The first-order chi connectivity index (χ1) is 16.5. The number of amides is 2. The largest absolute Gasteiger partial charge is 0.416 e. The monoisotopic (exact) mass is 557 g/mol. The molecule has 2 amide bonds. The van der Waals surface area contributed by atoms with Gasteiger partial charge in [-0.1, -0.05) is 54.1 Å². The van der Waals surface area contributed by atoms with Crippen molar-refractivity contribution in [2.45, 2.75) is 30.0 Å². The van der Waals surface area contributed by atoms with Gasteiger partial charge in [0.2, 0.25) is 0 Å². The van der Waals surface area contributed by atoms with Crippen LogP contribution in [-0.4, -0.2) is 31.2 Å². The van der Waals surface area contributed by atoms with E-state index in [2.05, 4.69) is 5.10 Å². The lowest BCUT2D eigenvalue weighted by atomic mass is 9.86. The minimum atomic E-state index is -4.62. The molecule has 1 aliphatic heterocycles. The van der Waals surface area contributed by atoms with E-state index in [4.69, 9.17) is 11.6 Å². The van der Waals surface area contributed by atoms with Crippen molar-refractivity contribution >= 4 is 45.8 Å². The molecule has 0 unspecified atom stereocenters. The van der Waals surface area contributed by atoms with Gasteiger partial charge in [-0.05, 0) is 54.4 Å². The fourth-order valence-electron chi connectivity index (χ4n) is 3.87. The number of urea groups is 1. The number of benzene rings is 3. The maximum atomic E-state index is 13.0. The zero-order valence-corrected chi connectivity index (χ0v) is 21.0. The van der Waals surface area contributed by atoms with Crippen molar-refractivity contribution in [3.05, 3.63) is 101 Å². The number of carbonyl (C=O) groups excluding carboxylic acids is 1. The van der Waals surface area contributed by atoms with Crippen molar-refractivity contribution in [2.75, 3.05) is 0 Å². The molecule has 4 rings (SSSR count). The molecule has 0 spiro atoms. The Hall–Kier alpha value is -3.08. The summed E-state index contributed by atoms with van der Waals surface area (Å²) in [6.07, 6.45) is -4.62. The number of hydrogen-bond donors (Lipinski definition) is 1. The molecule has 0 radical (unpaired) electrons. The fourth-order valence-corrected chi connectivity index (χ4v) is 4.93. The first-order valence-corrected chi connectivity index (χ1v) is 12.3. The van der Waals surface area contributed by atoms with Crippen LogP contribution in [0.4, 0.5) is 18.0 Å². The summed E-state index contributed by atoms with van der Waals surface area (Å²) in [5, 5.41) is 5.99. The number of hydrogen-bond acceptors (Lipinski definition) is 4. The van der Waals surface area contributed by atoms with Crippen molar-refractivity contribution < 1.29 is 26.4 Å². The Kier molecular flexibility index (Phi) is 8.02. The van der Waals surface area contributed by atoms with Crippen LogP contribution in [-0.2, 0) is 16.2 Å². The lowest BCUT2D eigenvalue weighted by Gasteiger charge is -2.23. The summed E-state index contributed by atoms with van der Waals surface area (Å²) in [4.78, 5) is 12.5. The van der Waals surface area contributed by atoms with Gasteiger partial charge in [0, 0.05) is 5.02 Å². The average molecular weight is 558 g/mol. The van der Waals surface area contributed by atoms with Crippen molar-refractivity contribution in [3.8, 4) is 0 Å². The third-order valence-corrected chi connectivity index (χ3v) is 7.19. The van der Waals surface area contributed by atoms with E-state index in [1.165, 1.54) is 0 Å². The molecule has 1 N–H and O–H groups in total. The summed E-state index contributed by atoms with van der Waals surface area (Å²) < 4.78 is 65.7. The molecule has 2 atom stereocenters. The molecule has 3 aromatic carbocycles. The predicted octanol–water partition coefficient (Wildman–Crippen LogP) is 6.07. The highest BCUT2D eigenvalue weighted by atomic mass is 35.5. The number of alkyl halides is 3. The van der Waals surface area contributed by atoms with Crippen LogP contribution < -0.4 is 4.72 Å². The molecule has 6 nitrogen and oxygen atoms in total. The van der Waals surface area contributed by atoms with E-state index >= 15 is 0 Å². The van der Waals surface area contributed by atoms with E-state index in [0.717, 1.165) is 22.7 Å². The van der Waals surface area contributed by atoms with E-state index in [9.17, 15) is 26.4 Å². The minimum Gasteiger partial charge on any atom is -0.246 e.